The number of hydrogen-bond donors (Lipinski definition) is 1. The molecule has 0 radical (unpaired) electrons. The zero-order chi connectivity index (χ0) is 17.8. The third kappa shape index (κ3) is 4.03. The Morgan fingerprint density at radius 1 is 1.04 bits per heavy atom. The van der Waals surface area contributed by atoms with Gasteiger partial charge in [0.2, 0.25) is 5.91 Å². The first-order valence-corrected chi connectivity index (χ1v) is 8.28. The van der Waals surface area contributed by atoms with E-state index < -0.39 is 0 Å². The van der Waals surface area contributed by atoms with Crippen molar-refractivity contribution in [3.05, 3.63) is 78.1 Å². The summed E-state index contributed by atoms with van der Waals surface area (Å²) in [6.45, 7) is 2.44. The standard InChI is InChI=1S/C21H21FN2O/c1-15(24(2)14-16-10-12-18(22)13-11-16)21(25)23-20-9-5-7-17-6-3-4-8-19(17)20/h3-13,15H,14H2,1-2H3,(H,23,25). The van der Waals surface area contributed by atoms with Crippen LogP contribution in [0.3, 0.4) is 0 Å². The molecule has 0 aliphatic carbocycles. The van der Waals surface area contributed by atoms with Crippen LogP contribution in [0.4, 0.5) is 10.1 Å². The summed E-state index contributed by atoms with van der Waals surface area (Å²) in [5.41, 5.74) is 1.78. The zero-order valence-electron chi connectivity index (χ0n) is 14.4. The molecule has 3 nitrogen and oxygen atoms in total. The Bertz CT molecular complexity index is 871. The summed E-state index contributed by atoms with van der Waals surface area (Å²) in [5, 5.41) is 5.13. The first kappa shape index (κ1) is 17.1. The Labute approximate surface area is 147 Å². The second-order valence-corrected chi connectivity index (χ2v) is 6.23. The number of carbonyl (C=O) groups excluding carboxylic acids is 1. The first-order chi connectivity index (χ1) is 12.0. The Balaban J connectivity index is 1.70. The highest BCUT2D eigenvalue weighted by Gasteiger charge is 2.19. The molecule has 1 unspecified atom stereocenters. The van der Waals surface area contributed by atoms with E-state index >= 15 is 0 Å². The van der Waals surface area contributed by atoms with Gasteiger partial charge in [-0.05, 0) is 43.1 Å². The molecule has 0 saturated carbocycles. The maximum absolute atomic E-state index is 13.0. The second-order valence-electron chi connectivity index (χ2n) is 6.23. The van der Waals surface area contributed by atoms with E-state index in [0.717, 1.165) is 22.0 Å². The van der Waals surface area contributed by atoms with Crippen LogP contribution in [0.25, 0.3) is 10.8 Å². The summed E-state index contributed by atoms with van der Waals surface area (Å²) >= 11 is 0. The molecule has 4 heteroatoms. The van der Waals surface area contributed by atoms with Crippen LogP contribution in [0.5, 0.6) is 0 Å². The molecule has 1 amide bonds. The molecule has 25 heavy (non-hydrogen) atoms. The van der Waals surface area contributed by atoms with E-state index in [2.05, 4.69) is 5.32 Å². The molecule has 0 heterocycles. The number of carbonyl (C=O) groups is 1. The van der Waals surface area contributed by atoms with Crippen molar-refractivity contribution in [2.75, 3.05) is 12.4 Å². The molecule has 0 saturated heterocycles. The molecule has 3 aromatic rings. The minimum atomic E-state index is -0.316. The third-order valence-electron chi connectivity index (χ3n) is 4.43. The summed E-state index contributed by atoms with van der Waals surface area (Å²) < 4.78 is 13.0. The van der Waals surface area contributed by atoms with Crippen molar-refractivity contribution in [2.24, 2.45) is 0 Å². The van der Waals surface area contributed by atoms with Crippen molar-refractivity contribution in [1.29, 1.82) is 0 Å². The predicted octanol–water partition coefficient (Wildman–Crippen LogP) is 4.44. The van der Waals surface area contributed by atoms with Gasteiger partial charge in [0.15, 0.2) is 0 Å². The monoisotopic (exact) mass is 336 g/mol. The van der Waals surface area contributed by atoms with Crippen molar-refractivity contribution in [3.8, 4) is 0 Å². The lowest BCUT2D eigenvalue weighted by molar-refractivity contribution is -0.120. The molecule has 0 fully saturated rings. The van der Waals surface area contributed by atoms with E-state index in [1.165, 1.54) is 12.1 Å². The number of halogens is 1. The fraction of sp³-hybridized carbons (Fsp3) is 0.190. The van der Waals surface area contributed by atoms with Gasteiger partial charge in [0.25, 0.3) is 0 Å². The van der Waals surface area contributed by atoms with Gasteiger partial charge in [-0.2, -0.15) is 0 Å². The number of anilines is 1. The summed E-state index contributed by atoms with van der Waals surface area (Å²) in [4.78, 5) is 14.6. The molecule has 3 rings (SSSR count). The van der Waals surface area contributed by atoms with Crippen LogP contribution in [0.2, 0.25) is 0 Å². The van der Waals surface area contributed by atoms with Crippen LogP contribution in [0, 0.1) is 5.82 Å². The maximum Gasteiger partial charge on any atom is 0.241 e. The first-order valence-electron chi connectivity index (χ1n) is 8.28. The molecule has 3 aromatic carbocycles. The zero-order valence-corrected chi connectivity index (χ0v) is 14.4. The Morgan fingerprint density at radius 3 is 2.48 bits per heavy atom. The number of amides is 1. The second kappa shape index (κ2) is 7.45. The average molecular weight is 336 g/mol. The predicted molar refractivity (Wildman–Crippen MR) is 99.9 cm³/mol. The molecule has 128 valence electrons. The summed E-state index contributed by atoms with van der Waals surface area (Å²) in [6, 6.07) is 19.9. The summed E-state index contributed by atoms with van der Waals surface area (Å²) in [6.07, 6.45) is 0. The van der Waals surface area contributed by atoms with Gasteiger partial charge in [0.1, 0.15) is 5.82 Å². The normalized spacial score (nSPS) is 12.3. The number of nitrogens with zero attached hydrogens (tertiary/aromatic N) is 1. The SMILES string of the molecule is CC(C(=O)Nc1cccc2ccccc12)N(C)Cc1ccc(F)cc1. The Kier molecular flexibility index (Phi) is 5.10. The quantitative estimate of drug-likeness (QED) is 0.747. The van der Waals surface area contributed by atoms with Crippen LogP contribution >= 0.6 is 0 Å². The van der Waals surface area contributed by atoms with Crippen molar-refractivity contribution < 1.29 is 9.18 Å². The fourth-order valence-corrected chi connectivity index (χ4v) is 2.79. The largest absolute Gasteiger partial charge is 0.324 e. The van der Waals surface area contributed by atoms with Gasteiger partial charge in [-0.25, -0.2) is 4.39 Å². The van der Waals surface area contributed by atoms with Crippen LogP contribution in [0.15, 0.2) is 66.7 Å². The lowest BCUT2D eigenvalue weighted by atomic mass is 10.1. The van der Waals surface area contributed by atoms with Crippen LogP contribution < -0.4 is 5.32 Å². The van der Waals surface area contributed by atoms with Crippen molar-refractivity contribution in [2.45, 2.75) is 19.5 Å². The van der Waals surface area contributed by atoms with Gasteiger partial charge in [-0.15, -0.1) is 0 Å². The van der Waals surface area contributed by atoms with Crippen molar-refractivity contribution in [1.82, 2.24) is 4.90 Å². The van der Waals surface area contributed by atoms with Gasteiger partial charge in [0, 0.05) is 17.6 Å². The van der Waals surface area contributed by atoms with Gasteiger partial charge in [-0.3, -0.25) is 9.69 Å². The van der Waals surface area contributed by atoms with Crippen LogP contribution in [0.1, 0.15) is 12.5 Å². The fourth-order valence-electron chi connectivity index (χ4n) is 2.79. The highest BCUT2D eigenvalue weighted by atomic mass is 19.1. The van der Waals surface area contributed by atoms with Crippen LogP contribution in [-0.4, -0.2) is 23.9 Å². The average Bonchev–Trinajstić information content (AvgIpc) is 2.63. The van der Waals surface area contributed by atoms with Crippen LogP contribution in [-0.2, 0) is 11.3 Å². The molecule has 0 aliphatic rings. The van der Waals surface area contributed by atoms with E-state index in [1.807, 2.05) is 61.3 Å². The third-order valence-corrected chi connectivity index (χ3v) is 4.43. The lowest BCUT2D eigenvalue weighted by Crippen LogP contribution is -2.39. The molecule has 1 atom stereocenters. The van der Waals surface area contributed by atoms with Gasteiger partial charge >= 0.3 is 0 Å². The van der Waals surface area contributed by atoms with Crippen molar-refractivity contribution in [3.63, 3.8) is 0 Å². The summed E-state index contributed by atoms with van der Waals surface area (Å²) in [7, 11) is 1.89. The number of rotatable bonds is 5. The highest BCUT2D eigenvalue weighted by molar-refractivity contribution is 6.03. The van der Waals surface area contributed by atoms with E-state index in [4.69, 9.17) is 0 Å². The topological polar surface area (TPSA) is 32.3 Å². The molecule has 0 aromatic heterocycles. The van der Waals surface area contributed by atoms with E-state index in [0.29, 0.717) is 6.54 Å². The number of fused-ring (bicyclic) bond motifs is 1. The van der Waals surface area contributed by atoms with Gasteiger partial charge < -0.3 is 5.32 Å². The van der Waals surface area contributed by atoms with Gasteiger partial charge in [-0.1, -0.05) is 48.5 Å². The molecular formula is C21H21FN2O. The molecule has 0 aliphatic heterocycles. The van der Waals surface area contributed by atoms with E-state index in [-0.39, 0.29) is 17.8 Å². The number of nitrogens with one attached hydrogen (secondary N) is 1. The number of benzene rings is 3. The molecule has 1 N–H and O–H groups in total. The smallest absolute Gasteiger partial charge is 0.241 e. The lowest BCUT2D eigenvalue weighted by Gasteiger charge is -2.24. The molecule has 0 bridgehead atoms. The molecular weight excluding hydrogens is 315 g/mol. The minimum absolute atomic E-state index is 0.0686. The van der Waals surface area contributed by atoms with E-state index in [1.54, 1.807) is 12.1 Å². The number of hydrogen-bond acceptors (Lipinski definition) is 2. The number of likely N-dealkylation sites (N-methyl/N-ethyl adjacent to an activating group) is 1. The Hall–Kier alpha value is -2.72. The minimum Gasteiger partial charge on any atom is -0.324 e. The molecule has 0 spiro atoms. The Morgan fingerprint density at radius 2 is 1.72 bits per heavy atom. The maximum atomic E-state index is 13.0. The van der Waals surface area contributed by atoms with Crippen molar-refractivity contribution >= 4 is 22.4 Å². The van der Waals surface area contributed by atoms with E-state index in [9.17, 15) is 9.18 Å². The highest BCUT2D eigenvalue weighted by Crippen LogP contribution is 2.23. The summed E-state index contributed by atoms with van der Waals surface area (Å²) in [5.74, 6) is -0.325. The van der Waals surface area contributed by atoms with Gasteiger partial charge in [0.05, 0.1) is 6.04 Å².